The zero-order valence-corrected chi connectivity index (χ0v) is 16.7. The fourth-order valence-electron chi connectivity index (χ4n) is 4.02. The number of ether oxygens (including phenoxy) is 2. The average molecular weight is 423 g/mol. The topological polar surface area (TPSA) is 64.6 Å². The highest BCUT2D eigenvalue weighted by Crippen LogP contribution is 2.35. The summed E-state index contributed by atoms with van der Waals surface area (Å²) < 4.78 is 61.5. The lowest BCUT2D eigenvalue weighted by molar-refractivity contribution is -0.0705. The molecule has 0 aromatic heterocycles. The van der Waals surface area contributed by atoms with Gasteiger partial charge in [-0.25, -0.2) is 17.2 Å². The summed E-state index contributed by atoms with van der Waals surface area (Å²) in [5, 5.41) is 3.49. The number of hydrogen-bond acceptors (Lipinski definition) is 5. The predicted octanol–water partition coefficient (Wildman–Crippen LogP) is 3.58. The molecule has 0 unspecified atom stereocenters. The molecule has 2 fully saturated rings. The van der Waals surface area contributed by atoms with Crippen molar-refractivity contribution in [1.29, 1.82) is 0 Å². The summed E-state index contributed by atoms with van der Waals surface area (Å²) in [6, 6.07) is 10.5. The smallest absolute Gasteiger partial charge is 0.153 e. The largest absolute Gasteiger partial charge is 0.457 e. The van der Waals surface area contributed by atoms with Gasteiger partial charge in [-0.05, 0) is 37.0 Å². The Labute approximate surface area is 168 Å². The van der Waals surface area contributed by atoms with Crippen molar-refractivity contribution in [1.82, 2.24) is 5.32 Å². The Balaban J connectivity index is 1.32. The highest BCUT2D eigenvalue weighted by Gasteiger charge is 2.46. The van der Waals surface area contributed by atoms with E-state index >= 15 is 0 Å². The fraction of sp³-hybridized carbons (Fsp3) is 0.429. The fourth-order valence-corrected chi connectivity index (χ4v) is 6.00. The number of rotatable bonds is 5. The first kappa shape index (κ1) is 20.3. The molecule has 8 heteroatoms. The molecule has 0 radical (unpaired) electrons. The Morgan fingerprint density at radius 3 is 2.48 bits per heavy atom. The first-order chi connectivity index (χ1) is 13.8. The maximum Gasteiger partial charge on any atom is 0.153 e. The van der Waals surface area contributed by atoms with Crippen LogP contribution in [0.4, 0.5) is 8.78 Å². The zero-order chi connectivity index (χ0) is 20.5. The zero-order valence-electron chi connectivity index (χ0n) is 15.9. The van der Waals surface area contributed by atoms with Crippen LogP contribution in [-0.4, -0.2) is 38.2 Å². The van der Waals surface area contributed by atoms with Gasteiger partial charge in [0.25, 0.3) is 0 Å². The third-order valence-corrected chi connectivity index (χ3v) is 7.23. The maximum absolute atomic E-state index is 13.3. The van der Waals surface area contributed by atoms with Gasteiger partial charge >= 0.3 is 0 Å². The van der Waals surface area contributed by atoms with Gasteiger partial charge in [0, 0.05) is 37.4 Å². The summed E-state index contributed by atoms with van der Waals surface area (Å²) in [7, 11) is -2.99. The van der Waals surface area contributed by atoms with Crippen LogP contribution in [0, 0.1) is 11.6 Å². The van der Waals surface area contributed by atoms with E-state index in [9.17, 15) is 17.2 Å². The van der Waals surface area contributed by atoms with Crippen molar-refractivity contribution in [2.24, 2.45) is 0 Å². The first-order valence-electron chi connectivity index (χ1n) is 9.62. The van der Waals surface area contributed by atoms with Gasteiger partial charge in [-0.2, -0.15) is 0 Å². The molecular weight excluding hydrogens is 400 g/mol. The minimum Gasteiger partial charge on any atom is -0.457 e. The normalized spacial score (nSPS) is 25.9. The lowest BCUT2D eigenvalue weighted by atomic mass is 9.90. The summed E-state index contributed by atoms with van der Waals surface area (Å²) in [4.78, 5) is 0. The molecule has 2 aromatic rings. The monoisotopic (exact) mass is 423 g/mol. The van der Waals surface area contributed by atoms with Crippen molar-refractivity contribution in [3.05, 3.63) is 59.7 Å². The van der Waals surface area contributed by atoms with Crippen molar-refractivity contribution < 1.29 is 26.7 Å². The van der Waals surface area contributed by atoms with E-state index < -0.39 is 27.1 Å². The molecule has 2 aliphatic rings. The van der Waals surface area contributed by atoms with E-state index in [0.29, 0.717) is 31.7 Å². The average Bonchev–Trinajstić information content (AvgIpc) is 2.94. The summed E-state index contributed by atoms with van der Waals surface area (Å²) in [5.74, 6) is -0.469. The van der Waals surface area contributed by atoms with Gasteiger partial charge in [0.2, 0.25) is 0 Å². The number of halogens is 2. The first-order valence-corrected chi connectivity index (χ1v) is 11.4. The lowest BCUT2D eigenvalue weighted by Gasteiger charge is -2.37. The van der Waals surface area contributed by atoms with Gasteiger partial charge < -0.3 is 14.8 Å². The Hall–Kier alpha value is -2.03. The van der Waals surface area contributed by atoms with Crippen LogP contribution < -0.4 is 10.1 Å². The van der Waals surface area contributed by atoms with Crippen LogP contribution in [0.2, 0.25) is 0 Å². The molecule has 4 rings (SSSR count). The van der Waals surface area contributed by atoms with Crippen molar-refractivity contribution >= 4 is 9.84 Å². The second kappa shape index (κ2) is 8.01. The van der Waals surface area contributed by atoms with Crippen LogP contribution in [0.25, 0.3) is 0 Å². The van der Waals surface area contributed by atoms with Crippen LogP contribution in [0.5, 0.6) is 11.5 Å². The number of nitrogens with one attached hydrogen (secondary N) is 1. The van der Waals surface area contributed by atoms with E-state index in [1.165, 1.54) is 0 Å². The van der Waals surface area contributed by atoms with Crippen LogP contribution >= 0.6 is 0 Å². The van der Waals surface area contributed by atoms with Crippen molar-refractivity contribution in [2.45, 2.75) is 37.5 Å². The standard InChI is InChI=1S/C21H23F2NO4S/c22-16-9-17(23)11-20(10-16)28-19-3-1-15(2-4-19)13-24-18-5-7-27-21(12-18)6-8-29(25,26)14-21/h1-4,9-11,18,24H,5-8,12-14H2/t18-,21+/m1/s1. The molecule has 0 amide bonds. The third kappa shape index (κ3) is 5.12. The molecule has 2 aliphatic heterocycles. The molecular formula is C21H23F2NO4S. The summed E-state index contributed by atoms with van der Waals surface area (Å²) in [6.07, 6.45) is 2.10. The SMILES string of the molecule is O=S1(=O)CC[C@]2(C[C@H](NCc3ccc(Oc4cc(F)cc(F)c4)cc3)CCO2)C1. The molecule has 2 heterocycles. The van der Waals surface area contributed by atoms with Crippen LogP contribution in [-0.2, 0) is 21.1 Å². The number of benzene rings is 2. The van der Waals surface area contributed by atoms with Crippen LogP contribution in [0.1, 0.15) is 24.8 Å². The van der Waals surface area contributed by atoms with Gasteiger partial charge in [0.15, 0.2) is 9.84 Å². The van der Waals surface area contributed by atoms with Crippen LogP contribution in [0.3, 0.4) is 0 Å². The molecule has 1 spiro atoms. The number of sulfone groups is 1. The highest BCUT2D eigenvalue weighted by molar-refractivity contribution is 7.91. The predicted molar refractivity (Wildman–Crippen MR) is 105 cm³/mol. The van der Waals surface area contributed by atoms with E-state index in [2.05, 4.69) is 5.32 Å². The molecule has 0 aliphatic carbocycles. The Bertz CT molecular complexity index is 960. The summed E-state index contributed by atoms with van der Waals surface area (Å²) in [6.45, 7) is 1.19. The molecule has 5 nitrogen and oxygen atoms in total. The molecule has 2 aromatic carbocycles. The maximum atomic E-state index is 13.3. The quantitative estimate of drug-likeness (QED) is 0.796. The molecule has 2 atom stereocenters. The van der Waals surface area contributed by atoms with Gasteiger partial charge in [-0.15, -0.1) is 0 Å². The van der Waals surface area contributed by atoms with E-state index in [4.69, 9.17) is 9.47 Å². The van der Waals surface area contributed by atoms with Gasteiger partial charge in [0.05, 0.1) is 17.1 Å². The van der Waals surface area contributed by atoms with E-state index in [1.54, 1.807) is 12.1 Å². The van der Waals surface area contributed by atoms with Crippen molar-refractivity contribution in [3.8, 4) is 11.5 Å². The molecule has 1 N–H and O–H groups in total. The molecule has 156 valence electrons. The summed E-state index contributed by atoms with van der Waals surface area (Å²) >= 11 is 0. The minimum absolute atomic E-state index is 0.104. The van der Waals surface area contributed by atoms with Crippen molar-refractivity contribution in [3.63, 3.8) is 0 Å². The molecule has 29 heavy (non-hydrogen) atoms. The second-order valence-electron chi connectivity index (χ2n) is 7.80. The second-order valence-corrected chi connectivity index (χ2v) is 9.98. The van der Waals surface area contributed by atoms with Gasteiger partial charge in [-0.1, -0.05) is 12.1 Å². The minimum atomic E-state index is -2.99. The summed E-state index contributed by atoms with van der Waals surface area (Å²) in [5.41, 5.74) is 0.495. The highest BCUT2D eigenvalue weighted by atomic mass is 32.2. The number of hydrogen-bond donors (Lipinski definition) is 1. The van der Waals surface area contributed by atoms with Crippen molar-refractivity contribution in [2.75, 3.05) is 18.1 Å². The Morgan fingerprint density at radius 2 is 1.83 bits per heavy atom. The Morgan fingerprint density at radius 1 is 1.10 bits per heavy atom. The van der Waals surface area contributed by atoms with Gasteiger partial charge in [-0.3, -0.25) is 0 Å². The van der Waals surface area contributed by atoms with E-state index in [0.717, 1.165) is 30.2 Å². The molecule has 2 saturated heterocycles. The van der Waals surface area contributed by atoms with E-state index in [-0.39, 0.29) is 23.3 Å². The Kier molecular flexibility index (Phi) is 5.59. The lowest BCUT2D eigenvalue weighted by Crippen LogP contribution is -2.47. The van der Waals surface area contributed by atoms with Crippen LogP contribution in [0.15, 0.2) is 42.5 Å². The molecule has 0 saturated carbocycles. The molecule has 0 bridgehead atoms. The van der Waals surface area contributed by atoms with E-state index in [1.807, 2.05) is 12.1 Å². The third-order valence-electron chi connectivity index (χ3n) is 5.43. The van der Waals surface area contributed by atoms with Gasteiger partial charge in [0.1, 0.15) is 23.1 Å².